The van der Waals surface area contributed by atoms with Gasteiger partial charge in [-0.25, -0.2) is 4.98 Å². The standard InChI is InChI=1S/C13H11N5O3/c19-13(11-5-8(6-14-11)18(20)21)15-7-12-16-9-3-1-2-4-10(9)17-12/h1-6,14H,7H2,(H,15,19)(H,16,17). The molecule has 3 aromatic rings. The highest BCUT2D eigenvalue weighted by molar-refractivity contribution is 5.93. The number of amides is 1. The molecule has 0 atom stereocenters. The molecule has 0 aliphatic heterocycles. The van der Waals surface area contributed by atoms with E-state index in [4.69, 9.17) is 0 Å². The Hall–Kier alpha value is -3.16. The number of carbonyl (C=O) groups excluding carboxylic acids is 1. The molecule has 106 valence electrons. The second kappa shape index (κ2) is 5.08. The normalized spacial score (nSPS) is 10.7. The molecule has 3 N–H and O–H groups in total. The van der Waals surface area contributed by atoms with Gasteiger partial charge < -0.3 is 15.3 Å². The molecule has 0 unspecified atom stereocenters. The monoisotopic (exact) mass is 285 g/mol. The number of hydrogen-bond donors (Lipinski definition) is 3. The summed E-state index contributed by atoms with van der Waals surface area (Å²) in [5.74, 6) is 0.189. The van der Waals surface area contributed by atoms with Crippen LogP contribution in [-0.4, -0.2) is 25.8 Å². The molecule has 8 nitrogen and oxygen atoms in total. The van der Waals surface area contributed by atoms with Crippen molar-refractivity contribution in [3.63, 3.8) is 0 Å². The molecule has 0 saturated heterocycles. The van der Waals surface area contributed by atoms with Crippen molar-refractivity contribution < 1.29 is 9.72 Å². The van der Waals surface area contributed by atoms with Gasteiger partial charge in [0.1, 0.15) is 11.5 Å². The summed E-state index contributed by atoms with van der Waals surface area (Å²) in [6.07, 6.45) is 1.18. The minimum absolute atomic E-state index is 0.137. The highest BCUT2D eigenvalue weighted by atomic mass is 16.6. The maximum Gasteiger partial charge on any atom is 0.287 e. The lowest BCUT2D eigenvalue weighted by Crippen LogP contribution is -2.23. The summed E-state index contributed by atoms with van der Waals surface area (Å²) in [5, 5.41) is 13.2. The van der Waals surface area contributed by atoms with Crippen LogP contribution in [0.3, 0.4) is 0 Å². The summed E-state index contributed by atoms with van der Waals surface area (Å²) < 4.78 is 0. The number of aromatic amines is 2. The molecule has 0 saturated carbocycles. The van der Waals surface area contributed by atoms with Crippen molar-refractivity contribution >= 4 is 22.6 Å². The molecule has 21 heavy (non-hydrogen) atoms. The van der Waals surface area contributed by atoms with Gasteiger partial charge in [-0.15, -0.1) is 0 Å². The molecule has 2 aromatic heterocycles. The molecule has 0 aliphatic carbocycles. The van der Waals surface area contributed by atoms with Gasteiger partial charge in [-0.1, -0.05) is 12.1 Å². The number of fused-ring (bicyclic) bond motifs is 1. The number of carbonyl (C=O) groups is 1. The van der Waals surface area contributed by atoms with Gasteiger partial charge in [0.25, 0.3) is 11.6 Å². The number of nitrogens with one attached hydrogen (secondary N) is 3. The minimum atomic E-state index is -0.563. The van der Waals surface area contributed by atoms with Gasteiger partial charge >= 0.3 is 0 Å². The molecule has 0 bridgehead atoms. The van der Waals surface area contributed by atoms with Crippen LogP contribution in [-0.2, 0) is 6.54 Å². The van der Waals surface area contributed by atoms with E-state index < -0.39 is 10.8 Å². The molecule has 3 rings (SSSR count). The summed E-state index contributed by atoms with van der Waals surface area (Å²) in [4.78, 5) is 31.8. The molecule has 0 fully saturated rings. The molecule has 0 aliphatic rings. The number of nitro groups is 1. The third-order valence-electron chi connectivity index (χ3n) is 2.98. The fourth-order valence-electron chi connectivity index (χ4n) is 1.97. The Morgan fingerprint density at radius 3 is 2.90 bits per heavy atom. The maximum atomic E-state index is 11.9. The average Bonchev–Trinajstić information content (AvgIpc) is 3.11. The zero-order chi connectivity index (χ0) is 14.8. The van der Waals surface area contributed by atoms with Gasteiger partial charge in [0.2, 0.25) is 0 Å². The number of nitrogens with zero attached hydrogens (tertiary/aromatic N) is 2. The van der Waals surface area contributed by atoms with Crippen molar-refractivity contribution in [3.8, 4) is 0 Å². The van der Waals surface area contributed by atoms with Crippen LogP contribution < -0.4 is 5.32 Å². The summed E-state index contributed by atoms with van der Waals surface area (Å²) in [7, 11) is 0. The lowest BCUT2D eigenvalue weighted by molar-refractivity contribution is -0.384. The van der Waals surface area contributed by atoms with Gasteiger partial charge in [-0.3, -0.25) is 14.9 Å². The molecular weight excluding hydrogens is 274 g/mol. The van der Waals surface area contributed by atoms with Crippen LogP contribution in [0.2, 0.25) is 0 Å². The first-order valence-corrected chi connectivity index (χ1v) is 6.18. The smallest absolute Gasteiger partial charge is 0.287 e. The van der Waals surface area contributed by atoms with E-state index in [1.165, 1.54) is 12.3 Å². The van der Waals surface area contributed by atoms with Crippen molar-refractivity contribution in [1.82, 2.24) is 20.3 Å². The lowest BCUT2D eigenvalue weighted by atomic mass is 10.3. The van der Waals surface area contributed by atoms with Gasteiger partial charge in [0, 0.05) is 6.07 Å². The summed E-state index contributed by atoms with van der Waals surface area (Å²) in [6.45, 7) is 0.209. The Morgan fingerprint density at radius 2 is 2.19 bits per heavy atom. The second-order valence-corrected chi connectivity index (χ2v) is 4.41. The maximum absolute atomic E-state index is 11.9. The van der Waals surface area contributed by atoms with Crippen LogP contribution in [0.25, 0.3) is 11.0 Å². The molecule has 8 heteroatoms. The Labute approximate surface area is 118 Å². The van der Waals surface area contributed by atoms with Crippen molar-refractivity contribution in [2.75, 3.05) is 0 Å². The van der Waals surface area contributed by atoms with Gasteiger partial charge in [-0.2, -0.15) is 0 Å². The largest absolute Gasteiger partial charge is 0.351 e. The quantitative estimate of drug-likeness (QED) is 0.499. The zero-order valence-electron chi connectivity index (χ0n) is 10.8. The second-order valence-electron chi connectivity index (χ2n) is 4.41. The SMILES string of the molecule is O=C(NCc1nc2ccccc2[nH]1)c1cc([N+](=O)[O-])c[nH]1. The first-order valence-electron chi connectivity index (χ1n) is 6.18. The van der Waals surface area contributed by atoms with Crippen molar-refractivity contribution in [2.45, 2.75) is 6.54 Å². The third kappa shape index (κ3) is 2.59. The number of para-hydroxylation sites is 2. The summed E-state index contributed by atoms with van der Waals surface area (Å²) in [5.41, 5.74) is 1.69. The minimum Gasteiger partial charge on any atom is -0.351 e. The molecule has 0 radical (unpaired) electrons. The zero-order valence-corrected chi connectivity index (χ0v) is 10.8. The Balaban J connectivity index is 1.68. The van der Waals surface area contributed by atoms with E-state index in [2.05, 4.69) is 20.3 Å². The van der Waals surface area contributed by atoms with E-state index in [1.54, 1.807) is 0 Å². The van der Waals surface area contributed by atoms with E-state index >= 15 is 0 Å². The first-order chi connectivity index (χ1) is 10.1. The third-order valence-corrected chi connectivity index (χ3v) is 2.98. The van der Waals surface area contributed by atoms with Crippen molar-refractivity contribution in [1.29, 1.82) is 0 Å². The molecule has 2 heterocycles. The Bertz CT molecular complexity index is 787. The number of hydrogen-bond acceptors (Lipinski definition) is 4. The van der Waals surface area contributed by atoms with Crippen LogP contribution >= 0.6 is 0 Å². The van der Waals surface area contributed by atoms with Gasteiger partial charge in [-0.05, 0) is 12.1 Å². The molecular formula is C13H11N5O3. The summed E-state index contributed by atoms with van der Waals surface area (Å²) >= 11 is 0. The van der Waals surface area contributed by atoms with E-state index in [1.807, 2.05) is 24.3 Å². The van der Waals surface area contributed by atoms with Crippen LogP contribution in [0.15, 0.2) is 36.5 Å². The van der Waals surface area contributed by atoms with E-state index in [-0.39, 0.29) is 17.9 Å². The topological polar surface area (TPSA) is 117 Å². The van der Waals surface area contributed by atoms with Crippen LogP contribution in [0.5, 0.6) is 0 Å². The molecule has 1 amide bonds. The molecule has 0 spiro atoms. The van der Waals surface area contributed by atoms with Crippen molar-refractivity contribution in [2.24, 2.45) is 0 Å². The highest BCUT2D eigenvalue weighted by Gasteiger charge is 2.14. The van der Waals surface area contributed by atoms with Crippen LogP contribution in [0.4, 0.5) is 5.69 Å². The van der Waals surface area contributed by atoms with Gasteiger partial charge in [0.05, 0.1) is 28.7 Å². The predicted octanol–water partition coefficient (Wildman–Crippen LogP) is 1.73. The van der Waals surface area contributed by atoms with E-state index in [0.29, 0.717) is 5.82 Å². The number of benzene rings is 1. The Morgan fingerprint density at radius 1 is 1.38 bits per heavy atom. The first kappa shape index (κ1) is 12.9. The number of rotatable bonds is 4. The predicted molar refractivity (Wildman–Crippen MR) is 74.7 cm³/mol. The Kier molecular flexibility index (Phi) is 3.11. The number of aromatic nitrogens is 3. The van der Waals surface area contributed by atoms with Crippen LogP contribution in [0.1, 0.15) is 16.3 Å². The highest BCUT2D eigenvalue weighted by Crippen LogP contribution is 2.13. The van der Waals surface area contributed by atoms with Crippen molar-refractivity contribution in [3.05, 3.63) is 58.2 Å². The number of imidazole rings is 1. The molecule has 1 aromatic carbocycles. The van der Waals surface area contributed by atoms with E-state index in [0.717, 1.165) is 11.0 Å². The average molecular weight is 285 g/mol. The lowest BCUT2D eigenvalue weighted by Gasteiger charge is -2.00. The fourth-order valence-corrected chi connectivity index (χ4v) is 1.97. The summed E-state index contributed by atoms with van der Waals surface area (Å²) in [6, 6.07) is 8.71. The van der Waals surface area contributed by atoms with Gasteiger partial charge in [0.15, 0.2) is 0 Å². The number of H-pyrrole nitrogens is 2. The fraction of sp³-hybridized carbons (Fsp3) is 0.0769. The van der Waals surface area contributed by atoms with Crippen LogP contribution in [0, 0.1) is 10.1 Å². The van der Waals surface area contributed by atoms with E-state index in [9.17, 15) is 14.9 Å².